The zero-order valence-electron chi connectivity index (χ0n) is 9.30. The molecule has 1 rings (SSSR count). The molecule has 1 saturated carbocycles. The summed E-state index contributed by atoms with van der Waals surface area (Å²) in [5, 5.41) is 2.74. The van der Waals surface area contributed by atoms with Crippen molar-refractivity contribution in [3.63, 3.8) is 0 Å². The first-order valence-electron chi connectivity index (χ1n) is 5.12. The van der Waals surface area contributed by atoms with Gasteiger partial charge in [-0.05, 0) is 26.7 Å². The first-order chi connectivity index (χ1) is 6.84. The highest BCUT2D eigenvalue weighted by Gasteiger charge is 2.48. The van der Waals surface area contributed by atoms with Crippen LogP contribution in [0.4, 0.5) is 0 Å². The predicted molar refractivity (Wildman–Crippen MR) is 56.7 cm³/mol. The number of rotatable bonds is 5. The van der Waals surface area contributed by atoms with Crippen LogP contribution in [0.25, 0.3) is 0 Å². The molecule has 0 spiro atoms. The summed E-state index contributed by atoms with van der Waals surface area (Å²) < 4.78 is 0. The average molecular weight is 213 g/mol. The lowest BCUT2D eigenvalue weighted by Crippen LogP contribution is -2.45. The fourth-order valence-electron chi connectivity index (χ4n) is 1.25. The predicted octanol–water partition coefficient (Wildman–Crippen LogP) is -0.647. The van der Waals surface area contributed by atoms with Crippen molar-refractivity contribution in [3.8, 4) is 0 Å². The van der Waals surface area contributed by atoms with Crippen LogP contribution in [0.3, 0.4) is 0 Å². The molecular formula is C10H19N3O2. The van der Waals surface area contributed by atoms with Gasteiger partial charge in [-0.2, -0.15) is 0 Å². The highest BCUT2D eigenvalue weighted by molar-refractivity contribution is 5.86. The van der Waals surface area contributed by atoms with E-state index in [1.165, 1.54) is 0 Å². The van der Waals surface area contributed by atoms with Crippen LogP contribution in [-0.4, -0.2) is 24.9 Å². The van der Waals surface area contributed by atoms with E-state index >= 15 is 0 Å². The van der Waals surface area contributed by atoms with Crippen LogP contribution in [0.5, 0.6) is 0 Å². The third-order valence-electron chi connectivity index (χ3n) is 3.08. The quantitative estimate of drug-likeness (QED) is 0.566. The Bertz CT molecular complexity index is 282. The van der Waals surface area contributed by atoms with Gasteiger partial charge in [0.2, 0.25) is 11.8 Å². The Morgan fingerprint density at radius 2 is 1.93 bits per heavy atom. The van der Waals surface area contributed by atoms with Crippen LogP contribution in [0, 0.1) is 10.8 Å². The first-order valence-corrected chi connectivity index (χ1v) is 5.12. The van der Waals surface area contributed by atoms with Crippen molar-refractivity contribution in [1.82, 2.24) is 5.32 Å². The van der Waals surface area contributed by atoms with E-state index in [2.05, 4.69) is 5.32 Å². The minimum atomic E-state index is -0.708. The van der Waals surface area contributed by atoms with Gasteiger partial charge in [0.25, 0.3) is 0 Å². The van der Waals surface area contributed by atoms with Gasteiger partial charge in [-0.3, -0.25) is 9.59 Å². The topological polar surface area (TPSA) is 98.2 Å². The molecule has 0 atom stereocenters. The van der Waals surface area contributed by atoms with Crippen LogP contribution in [-0.2, 0) is 9.59 Å². The monoisotopic (exact) mass is 213 g/mol. The zero-order chi connectivity index (χ0) is 11.7. The summed E-state index contributed by atoms with van der Waals surface area (Å²) in [5.41, 5.74) is 9.64. The summed E-state index contributed by atoms with van der Waals surface area (Å²) >= 11 is 0. The number of carbonyl (C=O) groups excluding carboxylic acids is 2. The fraction of sp³-hybridized carbons (Fsp3) is 0.800. The van der Waals surface area contributed by atoms with Crippen LogP contribution < -0.4 is 16.8 Å². The molecule has 0 aromatic heterocycles. The largest absolute Gasteiger partial charge is 0.369 e. The molecule has 0 heterocycles. The van der Waals surface area contributed by atoms with E-state index in [9.17, 15) is 9.59 Å². The van der Waals surface area contributed by atoms with E-state index in [0.29, 0.717) is 6.54 Å². The van der Waals surface area contributed by atoms with Gasteiger partial charge in [0.1, 0.15) is 0 Å². The smallest absolute Gasteiger partial charge is 0.227 e. The van der Waals surface area contributed by atoms with Crippen LogP contribution in [0.15, 0.2) is 0 Å². The molecule has 1 aliphatic carbocycles. The van der Waals surface area contributed by atoms with E-state index in [4.69, 9.17) is 11.5 Å². The molecule has 5 nitrogen and oxygen atoms in total. The number of hydrogen-bond acceptors (Lipinski definition) is 3. The molecule has 0 unspecified atom stereocenters. The number of hydrogen-bond donors (Lipinski definition) is 3. The van der Waals surface area contributed by atoms with Gasteiger partial charge < -0.3 is 16.8 Å². The maximum absolute atomic E-state index is 11.7. The highest BCUT2D eigenvalue weighted by atomic mass is 16.2. The Hall–Kier alpha value is -1.10. The summed E-state index contributed by atoms with van der Waals surface area (Å²) in [4.78, 5) is 22.7. The molecule has 15 heavy (non-hydrogen) atoms. The van der Waals surface area contributed by atoms with Crippen molar-refractivity contribution < 1.29 is 9.59 Å². The van der Waals surface area contributed by atoms with E-state index in [-0.39, 0.29) is 17.9 Å². The van der Waals surface area contributed by atoms with Crippen molar-refractivity contribution >= 4 is 11.8 Å². The van der Waals surface area contributed by atoms with Crippen LogP contribution >= 0.6 is 0 Å². The fourth-order valence-corrected chi connectivity index (χ4v) is 1.25. The Kier molecular flexibility index (Phi) is 3.04. The van der Waals surface area contributed by atoms with Gasteiger partial charge in [0.05, 0.1) is 10.8 Å². The van der Waals surface area contributed by atoms with Gasteiger partial charge in [-0.1, -0.05) is 0 Å². The lowest BCUT2D eigenvalue weighted by atomic mass is 9.92. The summed E-state index contributed by atoms with van der Waals surface area (Å²) in [5.74, 6) is -0.472. The molecule has 0 saturated heterocycles. The normalized spacial score (nSPS) is 18.3. The summed E-state index contributed by atoms with van der Waals surface area (Å²) in [7, 11) is 0. The van der Waals surface area contributed by atoms with Gasteiger partial charge >= 0.3 is 0 Å². The maximum atomic E-state index is 11.7. The third kappa shape index (κ3) is 2.47. The van der Waals surface area contributed by atoms with E-state index in [1.807, 2.05) is 0 Å². The van der Waals surface area contributed by atoms with Gasteiger partial charge in [0, 0.05) is 13.1 Å². The molecule has 86 valence electrons. The van der Waals surface area contributed by atoms with E-state index < -0.39 is 11.3 Å². The third-order valence-corrected chi connectivity index (χ3v) is 3.08. The number of amides is 2. The molecule has 0 aromatic rings. The zero-order valence-corrected chi connectivity index (χ0v) is 9.30. The molecule has 1 fully saturated rings. The standard InChI is InChI=1S/C10H19N3O2/c1-9(2,7(12)14)6-13-8(15)10(5-11)3-4-10/h3-6,11H2,1-2H3,(H2,12,14)(H,13,15). The van der Waals surface area contributed by atoms with Crippen molar-refractivity contribution in [2.75, 3.05) is 13.1 Å². The van der Waals surface area contributed by atoms with Crippen LogP contribution in [0.2, 0.25) is 0 Å². The minimum absolute atomic E-state index is 0.0562. The summed E-state index contributed by atoms with van der Waals surface area (Å²) in [6.07, 6.45) is 1.68. The van der Waals surface area contributed by atoms with E-state index in [1.54, 1.807) is 13.8 Å². The van der Waals surface area contributed by atoms with E-state index in [0.717, 1.165) is 12.8 Å². The Morgan fingerprint density at radius 1 is 1.40 bits per heavy atom. The van der Waals surface area contributed by atoms with Crippen molar-refractivity contribution in [3.05, 3.63) is 0 Å². The van der Waals surface area contributed by atoms with Gasteiger partial charge in [-0.25, -0.2) is 0 Å². The number of nitrogens with two attached hydrogens (primary N) is 2. The molecular weight excluding hydrogens is 194 g/mol. The molecule has 1 aliphatic rings. The lowest BCUT2D eigenvalue weighted by Gasteiger charge is -2.22. The van der Waals surface area contributed by atoms with Crippen molar-refractivity contribution in [2.45, 2.75) is 26.7 Å². The molecule has 0 aliphatic heterocycles. The first kappa shape index (κ1) is 12.0. The van der Waals surface area contributed by atoms with Crippen molar-refractivity contribution in [1.29, 1.82) is 0 Å². The van der Waals surface area contributed by atoms with Gasteiger partial charge in [0.15, 0.2) is 0 Å². The molecule has 0 aromatic carbocycles. The molecule has 5 N–H and O–H groups in total. The number of primary amides is 1. The molecule has 2 amide bonds. The highest BCUT2D eigenvalue weighted by Crippen LogP contribution is 2.44. The SMILES string of the molecule is CC(C)(CNC(=O)C1(CN)CC1)C(N)=O. The number of nitrogens with one attached hydrogen (secondary N) is 1. The Labute approximate surface area is 89.6 Å². The second-order valence-electron chi connectivity index (χ2n) is 4.92. The summed E-state index contributed by atoms with van der Waals surface area (Å²) in [6.45, 7) is 4.05. The molecule has 0 bridgehead atoms. The Morgan fingerprint density at radius 3 is 2.27 bits per heavy atom. The maximum Gasteiger partial charge on any atom is 0.227 e. The Balaban J connectivity index is 2.44. The van der Waals surface area contributed by atoms with Gasteiger partial charge in [-0.15, -0.1) is 0 Å². The van der Waals surface area contributed by atoms with Crippen molar-refractivity contribution in [2.24, 2.45) is 22.3 Å². The number of carbonyl (C=O) groups is 2. The molecule has 5 heteroatoms. The van der Waals surface area contributed by atoms with Crippen LogP contribution in [0.1, 0.15) is 26.7 Å². The second kappa shape index (κ2) is 3.81. The summed E-state index contributed by atoms with van der Waals surface area (Å²) in [6, 6.07) is 0. The lowest BCUT2D eigenvalue weighted by molar-refractivity contribution is -0.128. The average Bonchev–Trinajstić information content (AvgIpc) is 2.94. The second-order valence-corrected chi connectivity index (χ2v) is 4.92. The minimum Gasteiger partial charge on any atom is -0.369 e. The molecule has 0 radical (unpaired) electrons.